The minimum atomic E-state index is -0.168. The average Bonchev–Trinajstić information content (AvgIpc) is 3.11. The van der Waals surface area contributed by atoms with Gasteiger partial charge in [0.05, 0.1) is 18.3 Å². The minimum Gasteiger partial charge on any atom is -0.373 e. The van der Waals surface area contributed by atoms with Gasteiger partial charge >= 0.3 is 0 Å². The minimum absolute atomic E-state index is 0.0130. The van der Waals surface area contributed by atoms with Crippen LogP contribution in [0.15, 0.2) is 35.6 Å². The summed E-state index contributed by atoms with van der Waals surface area (Å²) in [6.07, 6.45) is 6.47. The van der Waals surface area contributed by atoms with Crippen molar-refractivity contribution in [1.29, 1.82) is 0 Å². The number of hydrogen-bond acceptors (Lipinski definition) is 5. The van der Waals surface area contributed by atoms with Crippen LogP contribution in [0.3, 0.4) is 0 Å². The number of ether oxygens (including phenoxy) is 1. The summed E-state index contributed by atoms with van der Waals surface area (Å²) < 4.78 is 7.25. The number of aromatic nitrogens is 3. The first-order chi connectivity index (χ1) is 11.6. The highest BCUT2D eigenvalue weighted by Gasteiger charge is 2.26. The number of nitrogens with zero attached hydrogens (tertiary/aromatic N) is 4. The van der Waals surface area contributed by atoms with Crippen molar-refractivity contribution in [3.8, 4) is 0 Å². The predicted octanol–water partition coefficient (Wildman–Crippen LogP) is 0.0858. The quantitative estimate of drug-likeness (QED) is 0.858. The van der Waals surface area contributed by atoms with Crippen molar-refractivity contribution in [2.45, 2.75) is 6.10 Å². The van der Waals surface area contributed by atoms with Crippen molar-refractivity contribution >= 4 is 11.7 Å². The molecule has 1 amide bonds. The standard InChI is InChI=1S/C16H21N5O3/c1-19-6-5-18-14(16(19)23)20(2)10-13-11-21(7-8-24-13)15(22)12-3-4-17-9-12/h3-6,9,13,17H,7-8,10-11H2,1-2H3/t13-/m1/s1. The summed E-state index contributed by atoms with van der Waals surface area (Å²) in [5.41, 5.74) is 0.485. The van der Waals surface area contributed by atoms with E-state index in [-0.39, 0.29) is 17.6 Å². The molecule has 0 bridgehead atoms. The molecule has 3 rings (SSSR count). The first-order valence-electron chi connectivity index (χ1n) is 7.82. The van der Waals surface area contributed by atoms with Gasteiger partial charge in [0.2, 0.25) is 0 Å². The molecule has 0 spiro atoms. The third-order valence-corrected chi connectivity index (χ3v) is 4.11. The average molecular weight is 331 g/mol. The molecule has 1 atom stereocenters. The van der Waals surface area contributed by atoms with Gasteiger partial charge in [-0.05, 0) is 6.07 Å². The van der Waals surface area contributed by atoms with Crippen LogP contribution >= 0.6 is 0 Å². The lowest BCUT2D eigenvalue weighted by atomic mass is 10.2. The molecule has 1 aliphatic rings. The van der Waals surface area contributed by atoms with Gasteiger partial charge in [0, 0.05) is 58.5 Å². The van der Waals surface area contributed by atoms with E-state index in [4.69, 9.17) is 4.74 Å². The van der Waals surface area contributed by atoms with E-state index < -0.39 is 0 Å². The normalized spacial score (nSPS) is 17.8. The van der Waals surface area contributed by atoms with Crippen LogP contribution in [-0.2, 0) is 11.8 Å². The van der Waals surface area contributed by atoms with Crippen LogP contribution in [0, 0.1) is 0 Å². The fourth-order valence-corrected chi connectivity index (χ4v) is 2.79. The number of amides is 1. The second-order valence-electron chi connectivity index (χ2n) is 5.89. The monoisotopic (exact) mass is 331 g/mol. The molecular weight excluding hydrogens is 310 g/mol. The summed E-state index contributed by atoms with van der Waals surface area (Å²) in [6, 6.07) is 1.76. The van der Waals surface area contributed by atoms with E-state index in [1.165, 1.54) is 4.57 Å². The Bertz CT molecular complexity index is 755. The molecule has 0 unspecified atom stereocenters. The van der Waals surface area contributed by atoms with E-state index in [1.807, 2.05) is 0 Å². The van der Waals surface area contributed by atoms with Crippen molar-refractivity contribution in [2.24, 2.45) is 7.05 Å². The van der Waals surface area contributed by atoms with Crippen LogP contribution in [0.5, 0.6) is 0 Å². The fraction of sp³-hybridized carbons (Fsp3) is 0.438. The molecule has 1 fully saturated rings. The maximum atomic E-state index is 12.4. The zero-order chi connectivity index (χ0) is 17.1. The van der Waals surface area contributed by atoms with Gasteiger partial charge in [0.1, 0.15) is 0 Å². The number of aromatic amines is 1. The molecular formula is C16H21N5O3. The molecule has 0 radical (unpaired) electrons. The van der Waals surface area contributed by atoms with Crippen LogP contribution in [0.1, 0.15) is 10.4 Å². The van der Waals surface area contributed by atoms with E-state index in [2.05, 4.69) is 9.97 Å². The number of likely N-dealkylation sites (N-methyl/N-ethyl adjacent to an activating group) is 1. The van der Waals surface area contributed by atoms with Gasteiger partial charge in [-0.3, -0.25) is 9.59 Å². The lowest BCUT2D eigenvalue weighted by Crippen LogP contribution is -2.49. The number of rotatable bonds is 4. The molecule has 1 N–H and O–H groups in total. The Balaban J connectivity index is 1.66. The largest absolute Gasteiger partial charge is 0.373 e. The Morgan fingerprint density at radius 1 is 1.54 bits per heavy atom. The topological polar surface area (TPSA) is 83.5 Å². The number of morpholine rings is 1. The number of aryl methyl sites for hydroxylation is 1. The fourth-order valence-electron chi connectivity index (χ4n) is 2.79. The summed E-state index contributed by atoms with van der Waals surface area (Å²) in [6.45, 7) is 2.02. The Kier molecular flexibility index (Phi) is 4.66. The van der Waals surface area contributed by atoms with Crippen molar-refractivity contribution in [3.05, 3.63) is 46.8 Å². The maximum absolute atomic E-state index is 12.4. The van der Waals surface area contributed by atoms with Gasteiger partial charge in [-0.25, -0.2) is 4.98 Å². The first-order valence-corrected chi connectivity index (χ1v) is 7.82. The zero-order valence-corrected chi connectivity index (χ0v) is 13.8. The second-order valence-corrected chi connectivity index (χ2v) is 5.89. The summed E-state index contributed by atoms with van der Waals surface area (Å²) in [5.74, 6) is 0.360. The molecule has 24 heavy (non-hydrogen) atoms. The molecule has 128 valence electrons. The molecule has 1 saturated heterocycles. The molecule has 0 aromatic carbocycles. The predicted molar refractivity (Wildman–Crippen MR) is 89.2 cm³/mol. The molecule has 8 nitrogen and oxygen atoms in total. The van der Waals surface area contributed by atoms with E-state index >= 15 is 0 Å². The number of H-pyrrole nitrogens is 1. The van der Waals surface area contributed by atoms with Crippen molar-refractivity contribution in [3.63, 3.8) is 0 Å². The van der Waals surface area contributed by atoms with E-state index in [9.17, 15) is 9.59 Å². The van der Waals surface area contributed by atoms with Gasteiger partial charge in [0.15, 0.2) is 5.82 Å². The van der Waals surface area contributed by atoms with Crippen LogP contribution in [0.4, 0.5) is 5.82 Å². The number of carbonyl (C=O) groups excluding carboxylic acids is 1. The summed E-state index contributed by atoms with van der Waals surface area (Å²) in [7, 11) is 3.50. The van der Waals surface area contributed by atoms with Crippen LogP contribution in [0.2, 0.25) is 0 Å². The number of anilines is 1. The molecule has 8 heteroatoms. The van der Waals surface area contributed by atoms with Gasteiger partial charge in [-0.15, -0.1) is 0 Å². The van der Waals surface area contributed by atoms with Crippen LogP contribution in [-0.4, -0.2) is 64.7 Å². The van der Waals surface area contributed by atoms with Crippen LogP contribution < -0.4 is 10.5 Å². The third kappa shape index (κ3) is 3.33. The highest BCUT2D eigenvalue weighted by molar-refractivity contribution is 5.94. The van der Waals surface area contributed by atoms with E-state index in [1.54, 1.807) is 54.7 Å². The molecule has 2 aromatic heterocycles. The highest BCUT2D eigenvalue weighted by Crippen LogP contribution is 2.12. The van der Waals surface area contributed by atoms with Crippen molar-refractivity contribution < 1.29 is 9.53 Å². The van der Waals surface area contributed by atoms with Gasteiger partial charge < -0.3 is 24.1 Å². The lowest BCUT2D eigenvalue weighted by molar-refractivity contribution is -0.0172. The number of hydrogen-bond donors (Lipinski definition) is 1. The second kappa shape index (κ2) is 6.88. The lowest BCUT2D eigenvalue weighted by Gasteiger charge is -2.34. The van der Waals surface area contributed by atoms with Gasteiger partial charge in [-0.1, -0.05) is 0 Å². The zero-order valence-electron chi connectivity index (χ0n) is 13.8. The summed E-state index contributed by atoms with van der Waals surface area (Å²) in [4.78, 5) is 35.2. The smallest absolute Gasteiger partial charge is 0.293 e. The van der Waals surface area contributed by atoms with Gasteiger partial charge in [-0.2, -0.15) is 0 Å². The Labute approximate surface area is 139 Å². The van der Waals surface area contributed by atoms with Crippen LogP contribution in [0.25, 0.3) is 0 Å². The molecule has 1 aliphatic heterocycles. The van der Waals surface area contributed by atoms with E-state index in [0.29, 0.717) is 37.6 Å². The summed E-state index contributed by atoms with van der Waals surface area (Å²) >= 11 is 0. The Hall–Kier alpha value is -2.61. The number of carbonyl (C=O) groups is 1. The molecule has 0 saturated carbocycles. The maximum Gasteiger partial charge on any atom is 0.293 e. The molecule has 2 aromatic rings. The van der Waals surface area contributed by atoms with Crippen molar-refractivity contribution in [2.75, 3.05) is 38.2 Å². The third-order valence-electron chi connectivity index (χ3n) is 4.11. The first kappa shape index (κ1) is 16.3. The number of nitrogens with one attached hydrogen (secondary N) is 1. The van der Waals surface area contributed by atoms with E-state index in [0.717, 1.165) is 0 Å². The Morgan fingerprint density at radius 2 is 2.38 bits per heavy atom. The van der Waals surface area contributed by atoms with Crippen molar-refractivity contribution in [1.82, 2.24) is 19.4 Å². The molecule has 0 aliphatic carbocycles. The van der Waals surface area contributed by atoms with Gasteiger partial charge in [0.25, 0.3) is 11.5 Å². The Morgan fingerprint density at radius 3 is 3.12 bits per heavy atom. The SMILES string of the molecule is CN(C[C@@H]1CN(C(=O)c2cc[nH]c2)CCO1)c1nccn(C)c1=O. The highest BCUT2D eigenvalue weighted by atomic mass is 16.5. The summed E-state index contributed by atoms with van der Waals surface area (Å²) in [5, 5.41) is 0. The molecule has 3 heterocycles.